The van der Waals surface area contributed by atoms with Crippen molar-refractivity contribution in [2.24, 2.45) is 0 Å². The molecule has 0 aromatic rings. The molecule has 1 aliphatic rings. The minimum absolute atomic E-state index is 0.402. The van der Waals surface area contributed by atoms with Crippen molar-refractivity contribution in [2.45, 2.75) is 31.7 Å². The SMILES string of the molecule is COCCCN(CCOC)C1CCC(=O)C1. The fourth-order valence-electron chi connectivity index (χ4n) is 2.20. The Kier molecular flexibility index (Phi) is 6.61. The van der Waals surface area contributed by atoms with Crippen LogP contribution in [0.4, 0.5) is 0 Å². The van der Waals surface area contributed by atoms with Crippen molar-refractivity contribution in [3.8, 4) is 0 Å². The van der Waals surface area contributed by atoms with Gasteiger partial charge < -0.3 is 9.47 Å². The monoisotopic (exact) mass is 229 g/mol. The first kappa shape index (κ1) is 13.6. The Bertz CT molecular complexity index is 208. The van der Waals surface area contributed by atoms with E-state index in [1.54, 1.807) is 14.2 Å². The number of rotatable bonds is 8. The van der Waals surface area contributed by atoms with E-state index in [0.717, 1.165) is 52.0 Å². The molecule has 1 aliphatic carbocycles. The molecule has 0 aliphatic heterocycles. The zero-order valence-electron chi connectivity index (χ0n) is 10.4. The first-order valence-electron chi connectivity index (χ1n) is 6.01. The number of nitrogens with zero attached hydrogens (tertiary/aromatic N) is 1. The lowest BCUT2D eigenvalue weighted by Crippen LogP contribution is -2.37. The highest BCUT2D eigenvalue weighted by molar-refractivity contribution is 5.81. The Morgan fingerprint density at radius 1 is 1.25 bits per heavy atom. The molecule has 0 heterocycles. The molecule has 0 saturated heterocycles. The average Bonchev–Trinajstić information content (AvgIpc) is 2.70. The second kappa shape index (κ2) is 7.76. The lowest BCUT2D eigenvalue weighted by atomic mass is 10.2. The van der Waals surface area contributed by atoms with Gasteiger partial charge in [-0.1, -0.05) is 0 Å². The molecule has 0 spiro atoms. The van der Waals surface area contributed by atoms with Crippen molar-refractivity contribution in [1.29, 1.82) is 0 Å². The fraction of sp³-hybridized carbons (Fsp3) is 0.917. The molecule has 1 fully saturated rings. The zero-order valence-corrected chi connectivity index (χ0v) is 10.4. The highest BCUT2D eigenvalue weighted by atomic mass is 16.5. The van der Waals surface area contributed by atoms with E-state index in [0.29, 0.717) is 11.8 Å². The van der Waals surface area contributed by atoms with Gasteiger partial charge in [0.05, 0.1) is 6.61 Å². The van der Waals surface area contributed by atoms with Crippen LogP contribution in [0.15, 0.2) is 0 Å². The third-order valence-corrected chi connectivity index (χ3v) is 3.11. The molecule has 0 radical (unpaired) electrons. The summed E-state index contributed by atoms with van der Waals surface area (Å²) in [5.41, 5.74) is 0. The first-order chi connectivity index (χ1) is 7.77. The minimum atomic E-state index is 0.402. The van der Waals surface area contributed by atoms with E-state index in [1.807, 2.05) is 0 Å². The third-order valence-electron chi connectivity index (χ3n) is 3.11. The number of hydrogen-bond acceptors (Lipinski definition) is 4. The van der Waals surface area contributed by atoms with Crippen molar-refractivity contribution in [3.05, 3.63) is 0 Å². The van der Waals surface area contributed by atoms with Crippen molar-refractivity contribution in [2.75, 3.05) is 40.5 Å². The van der Waals surface area contributed by atoms with Gasteiger partial charge in [-0.25, -0.2) is 0 Å². The normalized spacial score (nSPS) is 20.9. The number of carbonyl (C=O) groups is 1. The second-order valence-electron chi connectivity index (χ2n) is 4.31. The van der Waals surface area contributed by atoms with Crippen LogP contribution in [0.5, 0.6) is 0 Å². The van der Waals surface area contributed by atoms with Crippen LogP contribution in [-0.4, -0.2) is 57.2 Å². The molecule has 4 nitrogen and oxygen atoms in total. The van der Waals surface area contributed by atoms with Gasteiger partial charge in [-0.2, -0.15) is 0 Å². The molecule has 1 unspecified atom stereocenters. The van der Waals surface area contributed by atoms with Crippen molar-refractivity contribution >= 4 is 5.78 Å². The van der Waals surface area contributed by atoms with Gasteiger partial charge in [0.15, 0.2) is 0 Å². The summed E-state index contributed by atoms with van der Waals surface area (Å²) in [6, 6.07) is 0.430. The van der Waals surface area contributed by atoms with Crippen LogP contribution >= 0.6 is 0 Å². The summed E-state index contributed by atoms with van der Waals surface area (Å²) in [6.07, 6.45) is 3.50. The van der Waals surface area contributed by atoms with Gasteiger partial charge in [0, 0.05) is 52.8 Å². The first-order valence-corrected chi connectivity index (χ1v) is 6.01. The Labute approximate surface area is 97.9 Å². The molecule has 4 heteroatoms. The van der Waals surface area contributed by atoms with Crippen molar-refractivity contribution in [1.82, 2.24) is 4.90 Å². The zero-order chi connectivity index (χ0) is 11.8. The standard InChI is InChI=1S/C12H23NO3/c1-15-8-3-6-13(7-9-16-2)11-4-5-12(14)10-11/h11H,3-10H2,1-2H3. The van der Waals surface area contributed by atoms with Crippen LogP contribution in [0, 0.1) is 0 Å². The molecule has 0 amide bonds. The summed E-state index contributed by atoms with van der Waals surface area (Å²) in [5, 5.41) is 0. The predicted molar refractivity (Wildman–Crippen MR) is 62.6 cm³/mol. The molecule has 94 valence electrons. The largest absolute Gasteiger partial charge is 0.385 e. The molecular formula is C12H23NO3. The fourth-order valence-corrected chi connectivity index (χ4v) is 2.20. The van der Waals surface area contributed by atoms with Gasteiger partial charge in [0.1, 0.15) is 5.78 Å². The highest BCUT2D eigenvalue weighted by Crippen LogP contribution is 2.20. The van der Waals surface area contributed by atoms with E-state index >= 15 is 0 Å². The summed E-state index contributed by atoms with van der Waals surface area (Å²) in [7, 11) is 3.44. The van der Waals surface area contributed by atoms with Crippen LogP contribution in [0.1, 0.15) is 25.7 Å². The Morgan fingerprint density at radius 2 is 2.00 bits per heavy atom. The van der Waals surface area contributed by atoms with E-state index in [1.165, 1.54) is 0 Å². The second-order valence-corrected chi connectivity index (χ2v) is 4.31. The van der Waals surface area contributed by atoms with Gasteiger partial charge in [-0.15, -0.1) is 0 Å². The van der Waals surface area contributed by atoms with Crippen LogP contribution in [-0.2, 0) is 14.3 Å². The van der Waals surface area contributed by atoms with Crippen molar-refractivity contribution in [3.63, 3.8) is 0 Å². The number of Topliss-reactive ketones (excluding diaryl/α,β-unsaturated/α-hetero) is 1. The van der Waals surface area contributed by atoms with E-state index in [2.05, 4.69) is 4.90 Å². The third kappa shape index (κ3) is 4.60. The molecule has 0 bridgehead atoms. The Morgan fingerprint density at radius 3 is 2.56 bits per heavy atom. The van der Waals surface area contributed by atoms with E-state index < -0.39 is 0 Å². The van der Waals surface area contributed by atoms with Crippen LogP contribution in [0.25, 0.3) is 0 Å². The molecule has 0 aromatic heterocycles. The minimum Gasteiger partial charge on any atom is -0.385 e. The maximum atomic E-state index is 11.3. The molecular weight excluding hydrogens is 206 g/mol. The summed E-state index contributed by atoms with van der Waals surface area (Å²) >= 11 is 0. The Hall–Kier alpha value is -0.450. The lowest BCUT2D eigenvalue weighted by molar-refractivity contribution is -0.117. The number of hydrogen-bond donors (Lipinski definition) is 0. The molecule has 1 saturated carbocycles. The number of ketones is 1. The maximum absolute atomic E-state index is 11.3. The topological polar surface area (TPSA) is 38.8 Å². The Balaban J connectivity index is 2.33. The number of carbonyl (C=O) groups excluding carboxylic acids is 1. The average molecular weight is 229 g/mol. The smallest absolute Gasteiger partial charge is 0.134 e. The van der Waals surface area contributed by atoms with Crippen LogP contribution in [0.2, 0.25) is 0 Å². The number of methoxy groups -OCH3 is 2. The lowest BCUT2D eigenvalue weighted by Gasteiger charge is -2.27. The summed E-state index contributed by atoms with van der Waals surface area (Å²) in [4.78, 5) is 13.6. The molecule has 1 atom stereocenters. The summed E-state index contributed by atoms with van der Waals surface area (Å²) in [6.45, 7) is 3.43. The molecule has 1 rings (SSSR count). The summed E-state index contributed by atoms with van der Waals surface area (Å²) in [5.74, 6) is 0.402. The quantitative estimate of drug-likeness (QED) is 0.584. The molecule has 0 N–H and O–H groups in total. The van der Waals surface area contributed by atoms with Crippen molar-refractivity contribution < 1.29 is 14.3 Å². The van der Waals surface area contributed by atoms with Gasteiger partial charge in [-0.3, -0.25) is 9.69 Å². The molecule has 0 aromatic carbocycles. The van der Waals surface area contributed by atoms with E-state index in [9.17, 15) is 4.79 Å². The van der Waals surface area contributed by atoms with E-state index in [4.69, 9.17) is 9.47 Å². The van der Waals surface area contributed by atoms with Gasteiger partial charge in [0.25, 0.3) is 0 Å². The number of ether oxygens (including phenoxy) is 2. The van der Waals surface area contributed by atoms with Crippen LogP contribution < -0.4 is 0 Å². The maximum Gasteiger partial charge on any atom is 0.134 e. The van der Waals surface area contributed by atoms with E-state index in [-0.39, 0.29) is 0 Å². The van der Waals surface area contributed by atoms with Crippen LogP contribution in [0.3, 0.4) is 0 Å². The summed E-state index contributed by atoms with van der Waals surface area (Å²) < 4.78 is 10.2. The van der Waals surface area contributed by atoms with Gasteiger partial charge >= 0.3 is 0 Å². The van der Waals surface area contributed by atoms with Gasteiger partial charge in [-0.05, 0) is 12.8 Å². The highest BCUT2D eigenvalue weighted by Gasteiger charge is 2.26. The predicted octanol–water partition coefficient (Wildman–Crippen LogP) is 1.09. The molecule has 16 heavy (non-hydrogen) atoms. The van der Waals surface area contributed by atoms with Gasteiger partial charge in [0.2, 0.25) is 0 Å².